The summed E-state index contributed by atoms with van der Waals surface area (Å²) in [6, 6.07) is 9.78. The predicted molar refractivity (Wildman–Crippen MR) is 113 cm³/mol. The van der Waals surface area contributed by atoms with Crippen LogP contribution in [0.5, 0.6) is 0 Å². The number of amides is 2. The van der Waals surface area contributed by atoms with Gasteiger partial charge >= 0.3 is 0 Å². The number of nitrogens with one attached hydrogen (secondary N) is 2. The minimum Gasteiger partial charge on any atom is -0.347 e. The Morgan fingerprint density at radius 3 is 2.25 bits per heavy atom. The van der Waals surface area contributed by atoms with Crippen LogP contribution in [-0.4, -0.2) is 28.1 Å². The van der Waals surface area contributed by atoms with Crippen molar-refractivity contribution >= 4 is 17.6 Å². The van der Waals surface area contributed by atoms with E-state index >= 15 is 0 Å². The second-order valence-corrected chi connectivity index (χ2v) is 9.43. The van der Waals surface area contributed by atoms with E-state index in [4.69, 9.17) is 5.10 Å². The third-order valence-electron chi connectivity index (χ3n) is 4.23. The summed E-state index contributed by atoms with van der Waals surface area (Å²) in [4.78, 5) is 24.4. The maximum Gasteiger partial charge on any atom is 0.244 e. The number of hydrogen-bond donors (Lipinski definition) is 2. The molecular formula is C22H32N4O2. The van der Waals surface area contributed by atoms with Gasteiger partial charge in [-0.15, -0.1) is 0 Å². The first-order valence-corrected chi connectivity index (χ1v) is 9.60. The molecule has 0 aliphatic rings. The van der Waals surface area contributed by atoms with Crippen LogP contribution in [0.2, 0.25) is 0 Å². The zero-order chi connectivity index (χ0) is 21.1. The molecule has 1 aromatic carbocycles. The van der Waals surface area contributed by atoms with E-state index in [0.29, 0.717) is 12.2 Å². The van der Waals surface area contributed by atoms with Crippen molar-refractivity contribution < 1.29 is 9.59 Å². The Hall–Kier alpha value is -2.63. The van der Waals surface area contributed by atoms with Crippen LogP contribution in [0.3, 0.4) is 0 Å². The number of nitrogens with zero attached hydrogens (tertiary/aromatic N) is 2. The quantitative estimate of drug-likeness (QED) is 0.819. The number of hydrogen-bond acceptors (Lipinski definition) is 3. The van der Waals surface area contributed by atoms with Gasteiger partial charge in [0.2, 0.25) is 11.8 Å². The van der Waals surface area contributed by atoms with Crippen LogP contribution in [0.4, 0.5) is 5.82 Å². The third kappa shape index (κ3) is 5.94. The lowest BCUT2D eigenvalue weighted by atomic mass is 9.92. The minimum absolute atomic E-state index is 0.0707. The molecule has 0 aliphatic heterocycles. The maximum absolute atomic E-state index is 12.4. The standard InChI is InChI=1S/C22H32N4O2/c1-15-10-8-9-11-16(15)26-18(12-17(25-26)22(5,6)7)24-20(28)14-23-19(27)13-21(2,3)4/h8-12H,13-14H2,1-7H3,(H,23,27)(H,24,28). The summed E-state index contributed by atoms with van der Waals surface area (Å²) in [6.45, 7) is 14.1. The van der Waals surface area contributed by atoms with Gasteiger partial charge in [0.05, 0.1) is 17.9 Å². The van der Waals surface area contributed by atoms with E-state index in [-0.39, 0.29) is 29.2 Å². The molecule has 2 amide bonds. The SMILES string of the molecule is Cc1ccccc1-n1nc(C(C)(C)C)cc1NC(=O)CNC(=O)CC(C)(C)C. The van der Waals surface area contributed by atoms with Crippen LogP contribution in [-0.2, 0) is 15.0 Å². The molecule has 0 aliphatic carbocycles. The molecule has 0 spiro atoms. The van der Waals surface area contributed by atoms with Crippen LogP contribution in [0, 0.1) is 12.3 Å². The van der Waals surface area contributed by atoms with Crippen molar-refractivity contribution in [1.82, 2.24) is 15.1 Å². The summed E-state index contributed by atoms with van der Waals surface area (Å²) in [5.41, 5.74) is 2.56. The highest BCUT2D eigenvalue weighted by Crippen LogP contribution is 2.27. The topological polar surface area (TPSA) is 76.0 Å². The highest BCUT2D eigenvalue weighted by Gasteiger charge is 2.22. The van der Waals surface area contributed by atoms with Gasteiger partial charge in [-0.05, 0) is 24.0 Å². The molecule has 2 N–H and O–H groups in total. The van der Waals surface area contributed by atoms with E-state index in [1.54, 1.807) is 4.68 Å². The minimum atomic E-state index is -0.280. The smallest absolute Gasteiger partial charge is 0.244 e. The van der Waals surface area contributed by atoms with E-state index in [9.17, 15) is 9.59 Å². The van der Waals surface area contributed by atoms with Crippen molar-refractivity contribution in [3.05, 3.63) is 41.6 Å². The molecule has 0 bridgehead atoms. The molecule has 0 saturated carbocycles. The molecule has 0 saturated heterocycles. The molecule has 28 heavy (non-hydrogen) atoms. The van der Waals surface area contributed by atoms with E-state index in [1.807, 2.05) is 58.0 Å². The van der Waals surface area contributed by atoms with Gasteiger partial charge in [0, 0.05) is 17.9 Å². The monoisotopic (exact) mass is 384 g/mol. The van der Waals surface area contributed by atoms with Crippen molar-refractivity contribution in [3.8, 4) is 5.69 Å². The molecule has 2 rings (SSSR count). The second-order valence-electron chi connectivity index (χ2n) is 9.43. The first-order valence-electron chi connectivity index (χ1n) is 9.60. The summed E-state index contributed by atoms with van der Waals surface area (Å²) in [5.74, 6) is 0.178. The summed E-state index contributed by atoms with van der Waals surface area (Å²) in [7, 11) is 0. The second kappa shape index (κ2) is 8.17. The molecule has 2 aromatic rings. The lowest BCUT2D eigenvalue weighted by Crippen LogP contribution is -2.35. The molecular weight excluding hydrogens is 352 g/mol. The van der Waals surface area contributed by atoms with Crippen LogP contribution in [0.15, 0.2) is 30.3 Å². The Kier molecular flexibility index (Phi) is 6.32. The Morgan fingerprint density at radius 1 is 1.04 bits per heavy atom. The molecule has 0 radical (unpaired) electrons. The normalized spacial score (nSPS) is 12.0. The van der Waals surface area contributed by atoms with Crippen molar-refractivity contribution in [1.29, 1.82) is 0 Å². The van der Waals surface area contributed by atoms with Crippen molar-refractivity contribution in [2.24, 2.45) is 5.41 Å². The zero-order valence-corrected chi connectivity index (χ0v) is 18.0. The predicted octanol–water partition coefficient (Wildman–Crippen LogP) is 3.97. The van der Waals surface area contributed by atoms with Gasteiger partial charge in [0.1, 0.15) is 5.82 Å². The molecule has 0 unspecified atom stereocenters. The highest BCUT2D eigenvalue weighted by molar-refractivity contribution is 5.94. The van der Waals surface area contributed by atoms with Gasteiger partial charge in [-0.25, -0.2) is 4.68 Å². The summed E-state index contributed by atoms with van der Waals surface area (Å²) < 4.78 is 1.75. The molecule has 152 valence electrons. The number of benzene rings is 1. The van der Waals surface area contributed by atoms with Crippen LogP contribution in [0.1, 0.15) is 59.2 Å². The van der Waals surface area contributed by atoms with Crippen molar-refractivity contribution in [3.63, 3.8) is 0 Å². The number of para-hydroxylation sites is 1. The average molecular weight is 385 g/mol. The largest absolute Gasteiger partial charge is 0.347 e. The number of aryl methyl sites for hydroxylation is 1. The Morgan fingerprint density at radius 2 is 1.68 bits per heavy atom. The van der Waals surface area contributed by atoms with Gasteiger partial charge in [-0.1, -0.05) is 59.7 Å². The lowest BCUT2D eigenvalue weighted by molar-refractivity contribution is -0.125. The summed E-state index contributed by atoms with van der Waals surface area (Å²) in [6.07, 6.45) is 0.371. The number of anilines is 1. The molecule has 0 fully saturated rings. The zero-order valence-electron chi connectivity index (χ0n) is 18.0. The number of carbonyl (C=O) groups is 2. The molecule has 1 heterocycles. The van der Waals surface area contributed by atoms with E-state index < -0.39 is 0 Å². The van der Waals surface area contributed by atoms with E-state index in [1.165, 1.54) is 0 Å². The first-order chi connectivity index (χ1) is 12.9. The Bertz CT molecular complexity index is 854. The highest BCUT2D eigenvalue weighted by atomic mass is 16.2. The van der Waals surface area contributed by atoms with Crippen molar-refractivity contribution in [2.75, 3.05) is 11.9 Å². The summed E-state index contributed by atoms with van der Waals surface area (Å²) in [5, 5.41) is 10.3. The molecule has 0 atom stereocenters. The Balaban J connectivity index is 2.20. The van der Waals surface area contributed by atoms with Crippen LogP contribution >= 0.6 is 0 Å². The van der Waals surface area contributed by atoms with Gasteiger partial charge in [-0.3, -0.25) is 9.59 Å². The fourth-order valence-electron chi connectivity index (χ4n) is 2.73. The molecule has 6 heteroatoms. The fraction of sp³-hybridized carbons (Fsp3) is 0.500. The van der Waals surface area contributed by atoms with Gasteiger partial charge in [0.15, 0.2) is 0 Å². The third-order valence-corrected chi connectivity index (χ3v) is 4.23. The number of aromatic nitrogens is 2. The van der Waals surface area contributed by atoms with Gasteiger partial charge < -0.3 is 10.6 Å². The van der Waals surface area contributed by atoms with Gasteiger partial charge in [-0.2, -0.15) is 5.10 Å². The maximum atomic E-state index is 12.4. The van der Waals surface area contributed by atoms with E-state index in [0.717, 1.165) is 16.9 Å². The van der Waals surface area contributed by atoms with E-state index in [2.05, 4.69) is 31.4 Å². The average Bonchev–Trinajstić information content (AvgIpc) is 2.95. The number of rotatable bonds is 5. The van der Waals surface area contributed by atoms with Gasteiger partial charge in [0.25, 0.3) is 0 Å². The lowest BCUT2D eigenvalue weighted by Gasteiger charge is -2.17. The van der Waals surface area contributed by atoms with Crippen LogP contribution in [0.25, 0.3) is 5.69 Å². The van der Waals surface area contributed by atoms with Crippen LogP contribution < -0.4 is 10.6 Å². The molecule has 6 nitrogen and oxygen atoms in total. The number of carbonyl (C=O) groups excluding carboxylic acids is 2. The van der Waals surface area contributed by atoms with Crippen molar-refractivity contribution in [2.45, 2.75) is 60.3 Å². The fourth-order valence-corrected chi connectivity index (χ4v) is 2.73. The Labute approximate surface area is 167 Å². The first kappa shape index (κ1) is 21.7. The molecule has 1 aromatic heterocycles. The summed E-state index contributed by atoms with van der Waals surface area (Å²) >= 11 is 0.